The van der Waals surface area contributed by atoms with Crippen molar-refractivity contribution in [3.63, 3.8) is 0 Å². The lowest BCUT2D eigenvalue weighted by Gasteiger charge is -2.29. The molecule has 1 aromatic carbocycles. The van der Waals surface area contributed by atoms with Crippen molar-refractivity contribution in [3.05, 3.63) is 29.8 Å². The molecule has 2 fully saturated rings. The van der Waals surface area contributed by atoms with Gasteiger partial charge in [0, 0.05) is 12.2 Å². The van der Waals surface area contributed by atoms with E-state index in [0.29, 0.717) is 18.6 Å². The summed E-state index contributed by atoms with van der Waals surface area (Å²) in [5.41, 5.74) is 0.496. The maximum atomic E-state index is 12.4. The van der Waals surface area contributed by atoms with E-state index >= 15 is 0 Å². The molecule has 2 heterocycles. The van der Waals surface area contributed by atoms with Gasteiger partial charge in [-0.25, -0.2) is 9.59 Å². The van der Waals surface area contributed by atoms with E-state index < -0.39 is 30.5 Å². The largest absolute Gasteiger partial charge is 0.462 e. The topological polar surface area (TPSA) is 102 Å². The van der Waals surface area contributed by atoms with Crippen LogP contribution >= 0.6 is 11.8 Å². The van der Waals surface area contributed by atoms with Gasteiger partial charge in [-0.15, -0.1) is 11.8 Å². The number of hydrogen-bond acceptors (Lipinski definition) is 7. The second kappa shape index (κ2) is 8.22. The van der Waals surface area contributed by atoms with Gasteiger partial charge in [-0.1, -0.05) is 12.1 Å². The smallest absolute Gasteiger partial charge is 0.340 e. The molecule has 0 radical (unpaired) electrons. The van der Waals surface area contributed by atoms with Crippen molar-refractivity contribution in [2.24, 2.45) is 0 Å². The van der Waals surface area contributed by atoms with E-state index in [0.717, 1.165) is 0 Å². The quantitative estimate of drug-likeness (QED) is 0.719. The van der Waals surface area contributed by atoms with Gasteiger partial charge in [-0.2, -0.15) is 0 Å². The van der Waals surface area contributed by atoms with Gasteiger partial charge in [-0.3, -0.25) is 9.59 Å². The first-order valence-corrected chi connectivity index (χ1v) is 10.0. The molecule has 28 heavy (non-hydrogen) atoms. The fraction of sp³-hybridized carbons (Fsp3) is 0.474. The van der Waals surface area contributed by atoms with E-state index in [9.17, 15) is 19.2 Å². The number of amides is 2. The summed E-state index contributed by atoms with van der Waals surface area (Å²) in [4.78, 5) is 49.9. The van der Waals surface area contributed by atoms with Crippen LogP contribution in [0.1, 0.15) is 37.0 Å². The number of rotatable bonds is 6. The minimum absolute atomic E-state index is 0.0673. The monoisotopic (exact) mass is 406 g/mol. The highest BCUT2D eigenvalue weighted by Gasteiger charge is 2.53. The molecular formula is C19H22N2O6S. The molecule has 0 aromatic heterocycles. The molecule has 2 amide bonds. The number of nitrogens with one attached hydrogen (secondary N) is 1. The Morgan fingerprint density at radius 1 is 1.29 bits per heavy atom. The molecule has 0 bridgehead atoms. The Kier molecular flexibility index (Phi) is 5.93. The van der Waals surface area contributed by atoms with Gasteiger partial charge >= 0.3 is 11.9 Å². The zero-order valence-electron chi connectivity index (χ0n) is 15.7. The van der Waals surface area contributed by atoms with Gasteiger partial charge in [0.05, 0.1) is 22.7 Å². The molecule has 0 spiro atoms. The van der Waals surface area contributed by atoms with Crippen LogP contribution in [0.4, 0.5) is 5.69 Å². The van der Waals surface area contributed by atoms with Gasteiger partial charge < -0.3 is 19.7 Å². The minimum Gasteiger partial charge on any atom is -0.462 e. The number of anilines is 1. The van der Waals surface area contributed by atoms with E-state index in [-0.39, 0.29) is 28.6 Å². The summed E-state index contributed by atoms with van der Waals surface area (Å²) in [7, 11) is 0. The SMILES string of the molecule is CCOC(=O)c1ccccc1NC(=O)COC(=O)[C@H]1CS[C@@]2(C)CCC(=O)N12. The van der Waals surface area contributed by atoms with Crippen LogP contribution in [0.25, 0.3) is 0 Å². The number of benzene rings is 1. The van der Waals surface area contributed by atoms with Gasteiger partial charge in [0.2, 0.25) is 5.91 Å². The van der Waals surface area contributed by atoms with Crippen LogP contribution in [0.3, 0.4) is 0 Å². The fourth-order valence-corrected chi connectivity index (χ4v) is 4.81. The van der Waals surface area contributed by atoms with Crippen LogP contribution in [0, 0.1) is 0 Å². The first-order valence-electron chi connectivity index (χ1n) is 9.04. The second-order valence-electron chi connectivity index (χ2n) is 6.69. The van der Waals surface area contributed by atoms with Crippen molar-refractivity contribution in [2.45, 2.75) is 37.6 Å². The van der Waals surface area contributed by atoms with E-state index in [2.05, 4.69) is 5.32 Å². The third kappa shape index (κ3) is 3.99. The first kappa shape index (κ1) is 20.2. The Bertz CT molecular complexity index is 813. The normalized spacial score (nSPS) is 23.3. The van der Waals surface area contributed by atoms with Crippen LogP contribution in [0.5, 0.6) is 0 Å². The fourth-order valence-electron chi connectivity index (χ4n) is 3.39. The maximum absolute atomic E-state index is 12.4. The number of carbonyl (C=O) groups excluding carboxylic acids is 4. The molecule has 150 valence electrons. The number of para-hydroxylation sites is 1. The number of fused-ring (bicyclic) bond motifs is 1. The van der Waals surface area contributed by atoms with Crippen molar-refractivity contribution >= 4 is 41.2 Å². The van der Waals surface area contributed by atoms with E-state index in [1.807, 2.05) is 6.92 Å². The van der Waals surface area contributed by atoms with Gasteiger partial charge in [0.25, 0.3) is 5.91 Å². The molecule has 0 unspecified atom stereocenters. The summed E-state index contributed by atoms with van der Waals surface area (Å²) in [6, 6.07) is 5.75. The third-order valence-electron chi connectivity index (χ3n) is 4.76. The third-order valence-corrected chi connectivity index (χ3v) is 6.26. The molecule has 9 heteroatoms. The molecule has 0 aliphatic carbocycles. The van der Waals surface area contributed by atoms with Gasteiger partial charge in [0.1, 0.15) is 6.04 Å². The standard InChI is InChI=1S/C19H22N2O6S/c1-3-26-17(24)12-6-4-5-7-13(12)20-15(22)10-27-18(25)14-11-28-19(2)9-8-16(23)21(14)19/h4-7,14H,3,8-11H2,1-2H3,(H,20,22)/t14-,19+/m1/s1. The molecule has 2 saturated heterocycles. The number of nitrogens with zero attached hydrogens (tertiary/aromatic N) is 1. The predicted molar refractivity (Wildman–Crippen MR) is 103 cm³/mol. The average molecular weight is 406 g/mol. The molecule has 3 rings (SSSR count). The lowest BCUT2D eigenvalue weighted by atomic mass is 10.2. The summed E-state index contributed by atoms with van der Waals surface area (Å²) < 4.78 is 10.1. The van der Waals surface area contributed by atoms with E-state index in [4.69, 9.17) is 9.47 Å². The number of hydrogen-bond donors (Lipinski definition) is 1. The molecule has 1 N–H and O–H groups in total. The number of thioether (sulfide) groups is 1. The van der Waals surface area contributed by atoms with Crippen molar-refractivity contribution in [3.8, 4) is 0 Å². The average Bonchev–Trinajstić information content (AvgIpc) is 3.16. The van der Waals surface area contributed by atoms with Crippen molar-refractivity contribution in [1.82, 2.24) is 4.90 Å². The lowest BCUT2D eigenvalue weighted by molar-refractivity contribution is -0.155. The summed E-state index contributed by atoms with van der Waals surface area (Å²) in [5, 5.41) is 2.56. The molecular weight excluding hydrogens is 384 g/mol. The predicted octanol–water partition coefficient (Wildman–Crippen LogP) is 1.80. The van der Waals surface area contributed by atoms with Crippen LogP contribution in [-0.4, -0.2) is 58.5 Å². The zero-order valence-corrected chi connectivity index (χ0v) is 16.5. The van der Waals surface area contributed by atoms with Crippen molar-refractivity contribution in [2.75, 3.05) is 24.3 Å². The van der Waals surface area contributed by atoms with E-state index in [1.54, 1.807) is 41.8 Å². The first-order chi connectivity index (χ1) is 13.4. The van der Waals surface area contributed by atoms with Crippen LogP contribution < -0.4 is 5.32 Å². The van der Waals surface area contributed by atoms with Gasteiger partial charge in [-0.05, 0) is 32.4 Å². The molecule has 0 saturated carbocycles. The van der Waals surface area contributed by atoms with Crippen LogP contribution in [-0.2, 0) is 23.9 Å². The second-order valence-corrected chi connectivity index (χ2v) is 8.19. The van der Waals surface area contributed by atoms with Crippen molar-refractivity contribution < 1.29 is 28.7 Å². The molecule has 2 atom stereocenters. The Morgan fingerprint density at radius 3 is 2.79 bits per heavy atom. The zero-order chi connectivity index (χ0) is 20.3. The number of ether oxygens (including phenoxy) is 2. The molecule has 2 aliphatic heterocycles. The highest BCUT2D eigenvalue weighted by Crippen LogP contribution is 2.47. The lowest BCUT2D eigenvalue weighted by Crippen LogP contribution is -2.47. The Hall–Kier alpha value is -2.55. The Balaban J connectivity index is 1.57. The van der Waals surface area contributed by atoms with Gasteiger partial charge in [0.15, 0.2) is 6.61 Å². The number of esters is 2. The number of carbonyl (C=O) groups is 4. The summed E-state index contributed by atoms with van der Waals surface area (Å²) >= 11 is 1.55. The molecule has 8 nitrogen and oxygen atoms in total. The van der Waals surface area contributed by atoms with E-state index in [1.165, 1.54) is 6.07 Å². The summed E-state index contributed by atoms with van der Waals surface area (Å²) in [6.45, 7) is 3.34. The highest BCUT2D eigenvalue weighted by molar-refractivity contribution is 8.01. The highest BCUT2D eigenvalue weighted by atomic mass is 32.2. The molecule has 2 aliphatic rings. The van der Waals surface area contributed by atoms with Crippen LogP contribution in [0.2, 0.25) is 0 Å². The Labute approximate surface area is 166 Å². The van der Waals surface area contributed by atoms with Crippen LogP contribution in [0.15, 0.2) is 24.3 Å². The molecule has 1 aromatic rings. The maximum Gasteiger partial charge on any atom is 0.340 e. The minimum atomic E-state index is -0.676. The summed E-state index contributed by atoms with van der Waals surface area (Å²) in [6.07, 6.45) is 1.11. The van der Waals surface area contributed by atoms with Crippen molar-refractivity contribution in [1.29, 1.82) is 0 Å². The Morgan fingerprint density at radius 2 is 2.04 bits per heavy atom. The summed E-state index contributed by atoms with van der Waals surface area (Å²) in [5.74, 6) is -1.34.